The molecule has 0 saturated carbocycles. The number of allylic oxidation sites excluding steroid dienone is 2. The molecule has 0 bridgehead atoms. The normalized spacial score (nSPS) is 22.1. The maximum absolute atomic E-state index is 5.62. The fraction of sp³-hybridized carbons (Fsp3) is 0.500. The molecular weight excluding hydrogens is 162 g/mol. The van der Waals surface area contributed by atoms with E-state index in [0.29, 0.717) is 12.6 Å². The van der Waals surface area contributed by atoms with Crippen LogP contribution < -0.4 is 5.73 Å². The van der Waals surface area contributed by atoms with Gasteiger partial charge in [0.05, 0.1) is 12.0 Å². The highest BCUT2D eigenvalue weighted by atomic mass is 15.1. The van der Waals surface area contributed by atoms with Gasteiger partial charge in [-0.1, -0.05) is 12.2 Å². The number of hydrogen-bond donors (Lipinski definition) is 1. The Morgan fingerprint density at radius 3 is 3.15 bits per heavy atom. The molecule has 3 nitrogen and oxygen atoms in total. The van der Waals surface area contributed by atoms with Crippen molar-refractivity contribution in [2.24, 2.45) is 5.73 Å². The van der Waals surface area contributed by atoms with Gasteiger partial charge in [0.2, 0.25) is 0 Å². The molecule has 2 N–H and O–H groups in total. The fourth-order valence-electron chi connectivity index (χ4n) is 1.85. The molecular formula is C10H15N3. The van der Waals surface area contributed by atoms with Crippen LogP contribution in [0.3, 0.4) is 0 Å². The van der Waals surface area contributed by atoms with E-state index < -0.39 is 0 Å². The molecule has 0 spiro atoms. The summed E-state index contributed by atoms with van der Waals surface area (Å²) in [5.41, 5.74) is 6.76. The molecule has 1 unspecified atom stereocenters. The van der Waals surface area contributed by atoms with Crippen LogP contribution in [0.15, 0.2) is 24.7 Å². The van der Waals surface area contributed by atoms with Gasteiger partial charge in [0.15, 0.2) is 0 Å². The van der Waals surface area contributed by atoms with E-state index >= 15 is 0 Å². The second-order valence-electron chi connectivity index (χ2n) is 3.43. The Morgan fingerprint density at radius 2 is 2.46 bits per heavy atom. The fourth-order valence-corrected chi connectivity index (χ4v) is 1.85. The molecule has 3 heteroatoms. The molecule has 1 heterocycles. The first-order valence-electron chi connectivity index (χ1n) is 4.77. The molecule has 2 rings (SSSR count). The van der Waals surface area contributed by atoms with E-state index in [2.05, 4.69) is 21.7 Å². The van der Waals surface area contributed by atoms with Crippen LogP contribution in [-0.4, -0.2) is 9.55 Å². The van der Waals surface area contributed by atoms with Gasteiger partial charge >= 0.3 is 0 Å². The highest BCUT2D eigenvalue weighted by Gasteiger charge is 2.13. The summed E-state index contributed by atoms with van der Waals surface area (Å²) in [4.78, 5) is 4.13. The van der Waals surface area contributed by atoms with Gasteiger partial charge in [-0.2, -0.15) is 0 Å². The lowest BCUT2D eigenvalue weighted by Gasteiger charge is -2.21. The Morgan fingerprint density at radius 1 is 1.54 bits per heavy atom. The summed E-state index contributed by atoms with van der Waals surface area (Å²) in [5, 5.41) is 0. The highest BCUT2D eigenvalue weighted by Crippen LogP contribution is 2.24. The first-order valence-corrected chi connectivity index (χ1v) is 4.77. The van der Waals surface area contributed by atoms with Gasteiger partial charge < -0.3 is 10.3 Å². The summed E-state index contributed by atoms with van der Waals surface area (Å²) in [6, 6.07) is 0.575. The van der Waals surface area contributed by atoms with E-state index in [-0.39, 0.29) is 0 Å². The summed E-state index contributed by atoms with van der Waals surface area (Å²) in [7, 11) is 0. The van der Waals surface area contributed by atoms with E-state index in [1.165, 1.54) is 12.8 Å². The monoisotopic (exact) mass is 177 g/mol. The van der Waals surface area contributed by atoms with Crippen LogP contribution in [0.4, 0.5) is 0 Å². The molecule has 0 amide bonds. The third kappa shape index (κ3) is 1.65. The quantitative estimate of drug-likeness (QED) is 0.698. The molecule has 0 aliphatic heterocycles. The van der Waals surface area contributed by atoms with Crippen LogP contribution in [0.25, 0.3) is 0 Å². The lowest BCUT2D eigenvalue weighted by atomic mass is 10.0. The second kappa shape index (κ2) is 3.75. The third-order valence-electron chi connectivity index (χ3n) is 2.59. The second-order valence-corrected chi connectivity index (χ2v) is 3.43. The van der Waals surface area contributed by atoms with Gasteiger partial charge in [0.25, 0.3) is 0 Å². The molecule has 0 radical (unpaired) electrons. The van der Waals surface area contributed by atoms with E-state index in [9.17, 15) is 0 Å². The average molecular weight is 177 g/mol. The topological polar surface area (TPSA) is 43.8 Å². The highest BCUT2D eigenvalue weighted by molar-refractivity contribution is 5.03. The van der Waals surface area contributed by atoms with Gasteiger partial charge in [0, 0.05) is 18.8 Å². The summed E-state index contributed by atoms with van der Waals surface area (Å²) in [5.74, 6) is 0. The summed E-state index contributed by atoms with van der Waals surface area (Å²) in [6.07, 6.45) is 11.7. The minimum absolute atomic E-state index is 0.575. The SMILES string of the molecule is NCc1cncn1C1CC=CCC1. The van der Waals surface area contributed by atoms with Crippen molar-refractivity contribution in [1.29, 1.82) is 0 Å². The number of hydrogen-bond acceptors (Lipinski definition) is 2. The maximum atomic E-state index is 5.62. The number of imidazole rings is 1. The first kappa shape index (κ1) is 8.51. The van der Waals surface area contributed by atoms with Crippen molar-refractivity contribution in [3.63, 3.8) is 0 Å². The molecule has 1 aliphatic carbocycles. The van der Waals surface area contributed by atoms with Gasteiger partial charge in [-0.25, -0.2) is 4.98 Å². The van der Waals surface area contributed by atoms with Crippen LogP contribution in [-0.2, 0) is 6.54 Å². The smallest absolute Gasteiger partial charge is 0.0951 e. The van der Waals surface area contributed by atoms with Crippen molar-refractivity contribution in [3.8, 4) is 0 Å². The van der Waals surface area contributed by atoms with Crippen molar-refractivity contribution in [3.05, 3.63) is 30.4 Å². The van der Waals surface area contributed by atoms with E-state index in [4.69, 9.17) is 5.73 Å². The molecule has 13 heavy (non-hydrogen) atoms. The minimum atomic E-state index is 0.575. The standard InChI is InChI=1S/C10H15N3/c11-6-10-7-12-8-13(10)9-4-2-1-3-5-9/h1-2,7-9H,3-6,11H2. The molecule has 0 aromatic carbocycles. The number of aromatic nitrogens is 2. The van der Waals surface area contributed by atoms with Crippen molar-refractivity contribution >= 4 is 0 Å². The zero-order chi connectivity index (χ0) is 9.10. The molecule has 0 fully saturated rings. The van der Waals surface area contributed by atoms with Crippen LogP contribution >= 0.6 is 0 Å². The van der Waals surface area contributed by atoms with Crippen molar-refractivity contribution in [2.75, 3.05) is 0 Å². The predicted molar refractivity (Wildman–Crippen MR) is 52.1 cm³/mol. The largest absolute Gasteiger partial charge is 0.330 e. The zero-order valence-electron chi connectivity index (χ0n) is 7.69. The molecule has 0 saturated heterocycles. The first-order chi connectivity index (χ1) is 6.42. The average Bonchev–Trinajstić information content (AvgIpc) is 2.67. The third-order valence-corrected chi connectivity index (χ3v) is 2.59. The number of nitrogens with zero attached hydrogens (tertiary/aromatic N) is 2. The van der Waals surface area contributed by atoms with E-state index in [0.717, 1.165) is 12.1 Å². The molecule has 1 atom stereocenters. The number of nitrogens with two attached hydrogens (primary N) is 1. The lowest BCUT2D eigenvalue weighted by Crippen LogP contribution is -2.14. The Kier molecular flexibility index (Phi) is 2.45. The van der Waals surface area contributed by atoms with E-state index in [1.807, 2.05) is 12.5 Å². The van der Waals surface area contributed by atoms with Gasteiger partial charge in [-0.15, -0.1) is 0 Å². The molecule has 70 valence electrons. The molecule has 1 aromatic heterocycles. The predicted octanol–water partition coefficient (Wildman–Crippen LogP) is 1.62. The van der Waals surface area contributed by atoms with Crippen LogP contribution in [0.5, 0.6) is 0 Å². The Balaban J connectivity index is 2.19. The van der Waals surface area contributed by atoms with E-state index in [1.54, 1.807) is 0 Å². The van der Waals surface area contributed by atoms with Crippen molar-refractivity contribution in [2.45, 2.75) is 31.8 Å². The minimum Gasteiger partial charge on any atom is -0.330 e. The maximum Gasteiger partial charge on any atom is 0.0951 e. The summed E-state index contributed by atoms with van der Waals surface area (Å²) < 4.78 is 2.21. The molecule has 1 aliphatic rings. The van der Waals surface area contributed by atoms with Crippen LogP contribution in [0.2, 0.25) is 0 Å². The van der Waals surface area contributed by atoms with Gasteiger partial charge in [-0.05, 0) is 19.3 Å². The van der Waals surface area contributed by atoms with Gasteiger partial charge in [-0.3, -0.25) is 0 Å². The summed E-state index contributed by atoms with van der Waals surface area (Å²) >= 11 is 0. The lowest BCUT2D eigenvalue weighted by molar-refractivity contribution is 0.448. The zero-order valence-corrected chi connectivity index (χ0v) is 7.69. The van der Waals surface area contributed by atoms with Gasteiger partial charge in [0.1, 0.15) is 0 Å². The Labute approximate surface area is 78.3 Å². The van der Waals surface area contributed by atoms with Crippen LogP contribution in [0.1, 0.15) is 31.0 Å². The molecule has 1 aromatic rings. The van der Waals surface area contributed by atoms with Crippen LogP contribution in [0, 0.1) is 0 Å². The summed E-state index contributed by atoms with van der Waals surface area (Å²) in [6.45, 7) is 0.584. The Bertz CT molecular complexity index is 301. The van der Waals surface area contributed by atoms with Crippen molar-refractivity contribution in [1.82, 2.24) is 9.55 Å². The number of rotatable bonds is 2. The Hall–Kier alpha value is -1.09. The van der Waals surface area contributed by atoms with Crippen molar-refractivity contribution < 1.29 is 0 Å².